The molecule has 0 fully saturated rings. The van der Waals surface area contributed by atoms with Gasteiger partial charge >= 0.3 is 5.97 Å². The monoisotopic (exact) mass is 259 g/mol. The van der Waals surface area contributed by atoms with Gasteiger partial charge in [0.1, 0.15) is 6.54 Å². The van der Waals surface area contributed by atoms with Crippen LogP contribution in [0.4, 0.5) is 0 Å². The van der Waals surface area contributed by atoms with E-state index in [4.69, 9.17) is 9.84 Å². The topological polar surface area (TPSA) is 66.8 Å². The van der Waals surface area contributed by atoms with Crippen LogP contribution >= 0.6 is 0 Å². The highest BCUT2D eigenvalue weighted by atomic mass is 16.5. The Kier molecular flexibility index (Phi) is 8.37. The van der Waals surface area contributed by atoms with Gasteiger partial charge in [-0.15, -0.1) is 0 Å². The van der Waals surface area contributed by atoms with Crippen LogP contribution < -0.4 is 0 Å². The summed E-state index contributed by atoms with van der Waals surface area (Å²) in [5.41, 5.74) is 0. The zero-order chi connectivity index (χ0) is 14.1. The second kappa shape index (κ2) is 8.91. The van der Waals surface area contributed by atoms with Crippen molar-refractivity contribution in [3.05, 3.63) is 0 Å². The van der Waals surface area contributed by atoms with Crippen molar-refractivity contribution in [3.8, 4) is 0 Å². The van der Waals surface area contributed by atoms with E-state index in [1.165, 1.54) is 12.0 Å². The molecule has 0 saturated heterocycles. The Balaban J connectivity index is 4.65. The second-order valence-corrected chi connectivity index (χ2v) is 4.51. The summed E-state index contributed by atoms with van der Waals surface area (Å²) in [7, 11) is 1.54. The largest absolute Gasteiger partial charge is 0.480 e. The molecule has 0 aliphatic carbocycles. The van der Waals surface area contributed by atoms with E-state index in [1.807, 2.05) is 6.92 Å². The molecule has 106 valence electrons. The third-order valence-corrected chi connectivity index (χ3v) is 3.35. The lowest BCUT2D eigenvalue weighted by Gasteiger charge is -2.27. The minimum atomic E-state index is -0.990. The Labute approximate surface area is 109 Å². The van der Waals surface area contributed by atoms with Crippen molar-refractivity contribution in [1.29, 1.82) is 0 Å². The van der Waals surface area contributed by atoms with Crippen molar-refractivity contribution in [2.24, 2.45) is 11.8 Å². The van der Waals surface area contributed by atoms with Crippen LogP contribution in [0.1, 0.15) is 33.6 Å². The molecule has 18 heavy (non-hydrogen) atoms. The van der Waals surface area contributed by atoms with Crippen LogP contribution in [-0.4, -0.2) is 48.7 Å². The maximum Gasteiger partial charge on any atom is 0.323 e. The van der Waals surface area contributed by atoms with E-state index < -0.39 is 5.97 Å². The van der Waals surface area contributed by atoms with Gasteiger partial charge in [-0.2, -0.15) is 0 Å². The highest BCUT2D eigenvalue weighted by Gasteiger charge is 2.26. The van der Waals surface area contributed by atoms with Gasteiger partial charge in [0.25, 0.3) is 0 Å². The summed E-state index contributed by atoms with van der Waals surface area (Å²) in [6.45, 7) is 6.40. The molecule has 0 aromatic rings. The molecule has 1 N–H and O–H groups in total. The average Bonchev–Trinajstić information content (AvgIpc) is 2.34. The minimum Gasteiger partial charge on any atom is -0.480 e. The maximum absolute atomic E-state index is 12.3. The zero-order valence-corrected chi connectivity index (χ0v) is 11.8. The van der Waals surface area contributed by atoms with Crippen LogP contribution in [0.25, 0.3) is 0 Å². The number of amides is 1. The summed E-state index contributed by atoms with van der Waals surface area (Å²) in [6, 6.07) is 0. The Hall–Kier alpha value is -1.10. The number of carbonyl (C=O) groups is 2. The first-order valence-electron chi connectivity index (χ1n) is 6.47. The van der Waals surface area contributed by atoms with Gasteiger partial charge in [-0.1, -0.05) is 33.6 Å². The SMILES string of the molecule is CCC(CC)C(C)C(=O)N(CCOC)CC(=O)O. The molecule has 5 nitrogen and oxygen atoms in total. The lowest BCUT2D eigenvalue weighted by molar-refractivity contribution is -0.147. The van der Waals surface area contributed by atoms with E-state index in [2.05, 4.69) is 13.8 Å². The third kappa shape index (κ3) is 5.49. The van der Waals surface area contributed by atoms with Crippen molar-refractivity contribution in [1.82, 2.24) is 4.90 Å². The van der Waals surface area contributed by atoms with Gasteiger partial charge in [0.05, 0.1) is 6.61 Å². The first kappa shape index (κ1) is 16.9. The number of aliphatic carboxylic acids is 1. The van der Waals surface area contributed by atoms with E-state index >= 15 is 0 Å². The maximum atomic E-state index is 12.3. The Morgan fingerprint density at radius 1 is 1.28 bits per heavy atom. The number of hydrogen-bond acceptors (Lipinski definition) is 3. The summed E-state index contributed by atoms with van der Waals surface area (Å²) in [5.74, 6) is -0.924. The molecule has 0 spiro atoms. The molecule has 0 aromatic heterocycles. The van der Waals surface area contributed by atoms with Crippen molar-refractivity contribution < 1.29 is 19.4 Å². The molecule has 0 rings (SSSR count). The van der Waals surface area contributed by atoms with Crippen LogP contribution in [0.2, 0.25) is 0 Å². The number of hydrogen-bond donors (Lipinski definition) is 1. The normalized spacial score (nSPS) is 12.5. The van der Waals surface area contributed by atoms with Gasteiger partial charge in [0.15, 0.2) is 0 Å². The molecular weight excluding hydrogens is 234 g/mol. The molecule has 0 aromatic carbocycles. The molecular formula is C13H25NO4. The van der Waals surface area contributed by atoms with E-state index in [9.17, 15) is 9.59 Å². The fourth-order valence-electron chi connectivity index (χ4n) is 2.12. The fourth-order valence-corrected chi connectivity index (χ4v) is 2.12. The summed E-state index contributed by atoms with van der Waals surface area (Å²) in [4.78, 5) is 24.4. The van der Waals surface area contributed by atoms with Crippen molar-refractivity contribution in [2.75, 3.05) is 26.8 Å². The van der Waals surface area contributed by atoms with Gasteiger partial charge in [-0.25, -0.2) is 0 Å². The number of ether oxygens (including phenoxy) is 1. The summed E-state index contributed by atoms with van der Waals surface area (Å²) in [6.07, 6.45) is 1.85. The molecule has 0 aliphatic rings. The predicted molar refractivity (Wildman–Crippen MR) is 69.3 cm³/mol. The number of rotatable bonds is 9. The van der Waals surface area contributed by atoms with Gasteiger partial charge in [-0.3, -0.25) is 9.59 Å². The summed E-state index contributed by atoms with van der Waals surface area (Å²) < 4.78 is 4.91. The van der Waals surface area contributed by atoms with Gasteiger partial charge in [-0.05, 0) is 5.92 Å². The molecule has 0 radical (unpaired) electrons. The number of carbonyl (C=O) groups excluding carboxylic acids is 1. The molecule has 0 aliphatic heterocycles. The van der Waals surface area contributed by atoms with Gasteiger partial charge < -0.3 is 14.7 Å². The number of carboxylic acid groups (broad SMARTS) is 1. The standard InChI is InChI=1S/C13H25NO4/c1-5-11(6-2)10(3)13(17)14(7-8-18-4)9-12(15)16/h10-11H,5-9H2,1-4H3,(H,15,16). The predicted octanol–water partition coefficient (Wildman–Crippen LogP) is 1.62. The number of nitrogens with zero attached hydrogens (tertiary/aromatic N) is 1. The van der Waals surface area contributed by atoms with Gasteiger partial charge in [0, 0.05) is 19.6 Å². The highest BCUT2D eigenvalue weighted by Crippen LogP contribution is 2.21. The number of carboxylic acids is 1. The number of methoxy groups -OCH3 is 1. The molecule has 1 atom stereocenters. The Bertz CT molecular complexity index is 264. The van der Waals surface area contributed by atoms with Crippen molar-refractivity contribution in [2.45, 2.75) is 33.6 Å². The lowest BCUT2D eigenvalue weighted by Crippen LogP contribution is -2.42. The van der Waals surface area contributed by atoms with Crippen LogP contribution in [0.3, 0.4) is 0 Å². The highest BCUT2D eigenvalue weighted by molar-refractivity contribution is 5.83. The van der Waals surface area contributed by atoms with Crippen molar-refractivity contribution >= 4 is 11.9 Å². The minimum absolute atomic E-state index is 0.0943. The lowest BCUT2D eigenvalue weighted by atomic mass is 9.88. The quantitative estimate of drug-likeness (QED) is 0.683. The van der Waals surface area contributed by atoms with E-state index in [0.29, 0.717) is 19.1 Å². The summed E-state index contributed by atoms with van der Waals surface area (Å²) >= 11 is 0. The van der Waals surface area contributed by atoms with Crippen LogP contribution in [0.5, 0.6) is 0 Å². The van der Waals surface area contributed by atoms with Crippen LogP contribution in [0, 0.1) is 11.8 Å². The first-order chi connectivity index (χ1) is 8.47. The summed E-state index contributed by atoms with van der Waals surface area (Å²) in [5, 5.41) is 8.83. The van der Waals surface area contributed by atoms with Crippen LogP contribution in [0.15, 0.2) is 0 Å². The van der Waals surface area contributed by atoms with Crippen molar-refractivity contribution in [3.63, 3.8) is 0 Å². The molecule has 1 amide bonds. The third-order valence-electron chi connectivity index (χ3n) is 3.35. The average molecular weight is 259 g/mol. The fraction of sp³-hybridized carbons (Fsp3) is 0.846. The Morgan fingerprint density at radius 2 is 1.83 bits per heavy atom. The zero-order valence-electron chi connectivity index (χ0n) is 11.8. The van der Waals surface area contributed by atoms with Crippen LogP contribution in [-0.2, 0) is 14.3 Å². The molecule has 0 bridgehead atoms. The van der Waals surface area contributed by atoms with E-state index in [0.717, 1.165) is 12.8 Å². The van der Waals surface area contributed by atoms with E-state index in [-0.39, 0.29) is 18.4 Å². The first-order valence-corrected chi connectivity index (χ1v) is 6.47. The van der Waals surface area contributed by atoms with Gasteiger partial charge in [0.2, 0.25) is 5.91 Å². The molecule has 0 heterocycles. The molecule has 5 heteroatoms. The molecule has 1 unspecified atom stereocenters. The second-order valence-electron chi connectivity index (χ2n) is 4.51. The molecule has 0 saturated carbocycles. The smallest absolute Gasteiger partial charge is 0.323 e. The Morgan fingerprint density at radius 3 is 2.22 bits per heavy atom. The van der Waals surface area contributed by atoms with E-state index in [1.54, 1.807) is 0 Å².